The molecule has 0 spiro atoms. The maximum Gasteiger partial charge on any atom is 0.253 e. The Balaban J connectivity index is 1.60. The van der Waals surface area contributed by atoms with Gasteiger partial charge >= 0.3 is 0 Å². The van der Waals surface area contributed by atoms with Crippen LogP contribution in [0.25, 0.3) is 5.52 Å². The van der Waals surface area contributed by atoms with Crippen LogP contribution < -0.4 is 14.8 Å². The SMILES string of the molecule is COc1ccc2c(c1)[C@@H](NC(=O)c1cc3ccccn3c1)CCO2. The molecule has 5 nitrogen and oxygen atoms in total. The molecule has 1 amide bonds. The molecule has 4 rings (SSSR count). The predicted molar refractivity (Wildman–Crippen MR) is 90.7 cm³/mol. The number of rotatable bonds is 3. The van der Waals surface area contributed by atoms with Crippen molar-refractivity contribution in [1.29, 1.82) is 0 Å². The quantitative estimate of drug-likeness (QED) is 0.805. The lowest BCUT2D eigenvalue weighted by Crippen LogP contribution is -2.32. The number of methoxy groups -OCH3 is 1. The van der Waals surface area contributed by atoms with E-state index < -0.39 is 0 Å². The van der Waals surface area contributed by atoms with Crippen molar-refractivity contribution in [3.63, 3.8) is 0 Å². The van der Waals surface area contributed by atoms with Crippen LogP contribution in [0.5, 0.6) is 11.5 Å². The molecule has 1 N–H and O–H groups in total. The Morgan fingerprint density at radius 3 is 3.04 bits per heavy atom. The van der Waals surface area contributed by atoms with Gasteiger partial charge in [0.1, 0.15) is 11.5 Å². The highest BCUT2D eigenvalue weighted by Crippen LogP contribution is 2.34. The number of aromatic nitrogens is 1. The molecule has 1 aliphatic heterocycles. The molecule has 0 fully saturated rings. The minimum absolute atomic E-state index is 0.0839. The van der Waals surface area contributed by atoms with E-state index in [2.05, 4.69) is 5.32 Å². The number of carbonyl (C=O) groups excluding carboxylic acids is 1. The predicted octanol–water partition coefficient (Wildman–Crippen LogP) is 3.20. The average molecular weight is 322 g/mol. The van der Waals surface area contributed by atoms with Gasteiger partial charge in [0, 0.05) is 29.9 Å². The Labute approximate surface area is 139 Å². The number of carbonyl (C=O) groups is 1. The van der Waals surface area contributed by atoms with Crippen LogP contribution in [0.2, 0.25) is 0 Å². The van der Waals surface area contributed by atoms with Gasteiger partial charge in [0.05, 0.1) is 25.3 Å². The number of fused-ring (bicyclic) bond motifs is 2. The number of amides is 1. The molecule has 5 heteroatoms. The number of hydrogen-bond donors (Lipinski definition) is 1. The van der Waals surface area contributed by atoms with Crippen LogP contribution in [-0.4, -0.2) is 24.0 Å². The number of hydrogen-bond acceptors (Lipinski definition) is 3. The summed E-state index contributed by atoms with van der Waals surface area (Å²) >= 11 is 0. The summed E-state index contributed by atoms with van der Waals surface area (Å²) in [7, 11) is 1.63. The summed E-state index contributed by atoms with van der Waals surface area (Å²) in [5, 5.41) is 3.12. The second kappa shape index (κ2) is 5.92. The fourth-order valence-electron chi connectivity index (χ4n) is 3.07. The van der Waals surface area contributed by atoms with Crippen LogP contribution >= 0.6 is 0 Å². The molecule has 3 aromatic rings. The summed E-state index contributed by atoms with van der Waals surface area (Å²) < 4.78 is 12.9. The maximum atomic E-state index is 12.7. The van der Waals surface area contributed by atoms with Crippen molar-refractivity contribution in [2.45, 2.75) is 12.5 Å². The largest absolute Gasteiger partial charge is 0.497 e. The molecule has 0 saturated carbocycles. The third-order valence-electron chi connectivity index (χ3n) is 4.33. The van der Waals surface area contributed by atoms with Gasteiger partial charge in [0.2, 0.25) is 0 Å². The lowest BCUT2D eigenvalue weighted by molar-refractivity contribution is 0.0925. The Kier molecular flexibility index (Phi) is 3.61. The molecule has 0 saturated heterocycles. The van der Waals surface area contributed by atoms with Crippen molar-refractivity contribution in [2.75, 3.05) is 13.7 Å². The minimum atomic E-state index is -0.0839. The second-order valence-corrected chi connectivity index (χ2v) is 5.83. The topological polar surface area (TPSA) is 52.0 Å². The van der Waals surface area contributed by atoms with Gasteiger partial charge in [-0.2, -0.15) is 0 Å². The summed E-state index contributed by atoms with van der Waals surface area (Å²) in [6, 6.07) is 13.4. The molecule has 1 aliphatic rings. The van der Waals surface area contributed by atoms with Gasteiger partial charge in [-0.1, -0.05) is 6.07 Å². The molecule has 122 valence electrons. The van der Waals surface area contributed by atoms with E-state index in [9.17, 15) is 4.79 Å². The zero-order valence-electron chi connectivity index (χ0n) is 13.4. The number of nitrogens with zero attached hydrogens (tertiary/aromatic N) is 1. The van der Waals surface area contributed by atoms with Crippen LogP contribution in [0, 0.1) is 0 Å². The molecule has 1 aromatic carbocycles. The van der Waals surface area contributed by atoms with Gasteiger partial charge in [-0.25, -0.2) is 0 Å². The highest BCUT2D eigenvalue weighted by atomic mass is 16.5. The van der Waals surface area contributed by atoms with Gasteiger partial charge < -0.3 is 19.2 Å². The smallest absolute Gasteiger partial charge is 0.253 e. The van der Waals surface area contributed by atoms with E-state index in [1.165, 1.54) is 0 Å². The number of benzene rings is 1. The monoisotopic (exact) mass is 322 g/mol. The van der Waals surface area contributed by atoms with E-state index in [0.717, 1.165) is 29.0 Å². The van der Waals surface area contributed by atoms with E-state index in [-0.39, 0.29) is 11.9 Å². The lowest BCUT2D eigenvalue weighted by atomic mass is 10.00. The molecule has 24 heavy (non-hydrogen) atoms. The van der Waals surface area contributed by atoms with Crippen molar-refractivity contribution in [2.24, 2.45) is 0 Å². The lowest BCUT2D eigenvalue weighted by Gasteiger charge is -2.27. The molecular formula is C19H18N2O3. The van der Waals surface area contributed by atoms with Crippen LogP contribution in [0.3, 0.4) is 0 Å². The van der Waals surface area contributed by atoms with E-state index in [1.54, 1.807) is 7.11 Å². The summed E-state index contributed by atoms with van der Waals surface area (Å²) in [4.78, 5) is 12.7. The van der Waals surface area contributed by atoms with Gasteiger partial charge in [-0.05, 0) is 36.4 Å². The maximum absolute atomic E-state index is 12.7. The molecule has 2 aromatic heterocycles. The molecule has 0 aliphatic carbocycles. The zero-order valence-corrected chi connectivity index (χ0v) is 13.4. The van der Waals surface area contributed by atoms with Gasteiger partial charge in [0.25, 0.3) is 5.91 Å². The first-order valence-electron chi connectivity index (χ1n) is 7.93. The molecule has 0 bridgehead atoms. The fourth-order valence-corrected chi connectivity index (χ4v) is 3.07. The number of nitrogens with one attached hydrogen (secondary N) is 1. The van der Waals surface area contributed by atoms with Crippen molar-refractivity contribution in [3.8, 4) is 11.5 Å². The van der Waals surface area contributed by atoms with Crippen molar-refractivity contribution >= 4 is 11.4 Å². The van der Waals surface area contributed by atoms with E-state index in [0.29, 0.717) is 12.2 Å². The summed E-state index contributed by atoms with van der Waals surface area (Å²) in [5.41, 5.74) is 2.60. The van der Waals surface area contributed by atoms with Crippen LogP contribution in [0.15, 0.2) is 54.9 Å². The summed E-state index contributed by atoms with van der Waals surface area (Å²) in [6.45, 7) is 0.585. The second-order valence-electron chi connectivity index (χ2n) is 5.83. The number of pyridine rings is 1. The van der Waals surface area contributed by atoms with E-state index in [4.69, 9.17) is 9.47 Å². The summed E-state index contributed by atoms with van der Waals surface area (Å²) in [6.07, 6.45) is 4.51. The molecule has 0 unspecified atom stereocenters. The molecule has 3 heterocycles. The third kappa shape index (κ3) is 2.58. The Hall–Kier alpha value is -2.95. The molecule has 0 radical (unpaired) electrons. The van der Waals surface area contributed by atoms with E-state index in [1.807, 2.05) is 59.3 Å². The first kappa shape index (κ1) is 14.6. The minimum Gasteiger partial charge on any atom is -0.497 e. The van der Waals surface area contributed by atoms with Crippen molar-refractivity contribution in [3.05, 3.63) is 66.0 Å². The van der Waals surface area contributed by atoms with Gasteiger partial charge in [-0.15, -0.1) is 0 Å². The fraction of sp³-hybridized carbons (Fsp3) is 0.211. The van der Waals surface area contributed by atoms with Crippen LogP contribution in [-0.2, 0) is 0 Å². The first-order chi connectivity index (χ1) is 11.7. The highest BCUT2D eigenvalue weighted by Gasteiger charge is 2.24. The average Bonchev–Trinajstić information content (AvgIpc) is 3.06. The van der Waals surface area contributed by atoms with Gasteiger partial charge in [0.15, 0.2) is 0 Å². The normalized spacial score (nSPS) is 16.3. The number of ether oxygens (including phenoxy) is 2. The van der Waals surface area contributed by atoms with Crippen molar-refractivity contribution < 1.29 is 14.3 Å². The Morgan fingerprint density at radius 2 is 2.21 bits per heavy atom. The summed E-state index contributed by atoms with van der Waals surface area (Å²) in [5.74, 6) is 1.47. The Bertz CT molecular complexity index is 868. The van der Waals surface area contributed by atoms with Crippen LogP contribution in [0.4, 0.5) is 0 Å². The molecule has 1 atom stereocenters. The third-order valence-corrected chi connectivity index (χ3v) is 4.33. The zero-order chi connectivity index (χ0) is 16.5. The van der Waals surface area contributed by atoms with Crippen molar-refractivity contribution in [1.82, 2.24) is 9.72 Å². The first-order valence-corrected chi connectivity index (χ1v) is 7.93. The Morgan fingerprint density at radius 1 is 1.29 bits per heavy atom. The van der Waals surface area contributed by atoms with E-state index >= 15 is 0 Å². The van der Waals surface area contributed by atoms with Gasteiger partial charge in [-0.3, -0.25) is 4.79 Å². The standard InChI is InChI=1S/C19H18N2O3/c1-23-15-5-6-18-16(11-15)17(7-9-24-18)20-19(22)13-10-14-4-2-3-8-21(14)12-13/h2-6,8,10-12,17H,7,9H2,1H3,(H,20,22)/t17-/m0/s1. The highest BCUT2D eigenvalue weighted by molar-refractivity contribution is 5.96. The van der Waals surface area contributed by atoms with Crippen LogP contribution in [0.1, 0.15) is 28.4 Å². The molecular weight excluding hydrogens is 304 g/mol.